The average Bonchev–Trinajstić information content (AvgIpc) is 3.21. The van der Waals surface area contributed by atoms with E-state index in [0.29, 0.717) is 18.7 Å². The minimum Gasteiger partial charge on any atom is -0.497 e. The molecule has 2 atom stereocenters. The number of ether oxygens (including phenoxy) is 2. The van der Waals surface area contributed by atoms with Crippen LogP contribution in [0.25, 0.3) is 10.8 Å². The predicted molar refractivity (Wildman–Crippen MR) is 102 cm³/mol. The molecule has 1 amide bonds. The maximum atomic E-state index is 12.1. The largest absolute Gasteiger partial charge is 0.497 e. The number of rotatable bonds is 8. The van der Waals surface area contributed by atoms with E-state index in [1.165, 1.54) is 12.5 Å². The van der Waals surface area contributed by atoms with Crippen LogP contribution in [-0.4, -0.2) is 46.8 Å². The van der Waals surface area contributed by atoms with Crippen LogP contribution < -0.4 is 14.8 Å². The summed E-state index contributed by atoms with van der Waals surface area (Å²) in [5.74, 6) is 1.20. The van der Waals surface area contributed by atoms with Crippen molar-refractivity contribution < 1.29 is 19.4 Å². The number of aromatic amines is 1. The molecule has 0 saturated heterocycles. The second kappa shape index (κ2) is 8.55. The molecule has 1 aromatic heterocycles. The molecule has 27 heavy (non-hydrogen) atoms. The number of methoxy groups -OCH3 is 1. The number of aliphatic hydroxyl groups is 1. The number of hydrogen-bond donors (Lipinski definition) is 3. The van der Waals surface area contributed by atoms with Crippen molar-refractivity contribution in [1.29, 1.82) is 0 Å². The Balaban J connectivity index is 1.59. The Morgan fingerprint density at radius 3 is 2.63 bits per heavy atom. The van der Waals surface area contributed by atoms with Crippen LogP contribution in [0.4, 0.5) is 0 Å². The molecule has 0 saturated carbocycles. The fourth-order valence-corrected chi connectivity index (χ4v) is 2.78. The SMILES string of the molecule is COc1ccc2ccc(OCC[C@@H](NC(=O)c3cnc[nH]3)[C@H](C)O)cc2c1. The van der Waals surface area contributed by atoms with Crippen LogP contribution in [-0.2, 0) is 0 Å². The third-order valence-electron chi connectivity index (χ3n) is 4.36. The average molecular weight is 369 g/mol. The molecule has 1 heterocycles. The summed E-state index contributed by atoms with van der Waals surface area (Å²) in [7, 11) is 1.63. The predicted octanol–water partition coefficient (Wildman–Crippen LogP) is 2.52. The van der Waals surface area contributed by atoms with Gasteiger partial charge < -0.3 is 24.9 Å². The molecule has 0 bridgehead atoms. The molecule has 142 valence electrons. The molecule has 0 unspecified atom stereocenters. The molecule has 0 radical (unpaired) electrons. The highest BCUT2D eigenvalue weighted by Gasteiger charge is 2.19. The zero-order valence-corrected chi connectivity index (χ0v) is 15.3. The van der Waals surface area contributed by atoms with E-state index in [1.807, 2.05) is 36.4 Å². The molecular formula is C20H23N3O4. The molecule has 3 aromatic rings. The maximum absolute atomic E-state index is 12.1. The first-order valence-electron chi connectivity index (χ1n) is 8.74. The monoisotopic (exact) mass is 369 g/mol. The third kappa shape index (κ3) is 4.77. The van der Waals surface area contributed by atoms with Gasteiger partial charge in [-0.05, 0) is 42.0 Å². The van der Waals surface area contributed by atoms with Crippen LogP contribution >= 0.6 is 0 Å². The molecule has 0 spiro atoms. The van der Waals surface area contributed by atoms with Gasteiger partial charge in [0.15, 0.2) is 0 Å². The molecule has 0 aliphatic carbocycles. The number of nitrogens with zero attached hydrogens (tertiary/aromatic N) is 1. The van der Waals surface area contributed by atoms with E-state index in [9.17, 15) is 9.90 Å². The van der Waals surface area contributed by atoms with E-state index in [4.69, 9.17) is 9.47 Å². The first kappa shape index (κ1) is 18.7. The van der Waals surface area contributed by atoms with Gasteiger partial charge in [0, 0.05) is 6.42 Å². The van der Waals surface area contributed by atoms with E-state index in [2.05, 4.69) is 15.3 Å². The van der Waals surface area contributed by atoms with Crippen molar-refractivity contribution in [2.75, 3.05) is 13.7 Å². The number of fused-ring (bicyclic) bond motifs is 1. The fourth-order valence-electron chi connectivity index (χ4n) is 2.78. The summed E-state index contributed by atoms with van der Waals surface area (Å²) in [5, 5.41) is 14.9. The van der Waals surface area contributed by atoms with Crippen molar-refractivity contribution >= 4 is 16.7 Å². The van der Waals surface area contributed by atoms with E-state index in [0.717, 1.165) is 22.3 Å². The van der Waals surface area contributed by atoms with Gasteiger partial charge in [0.1, 0.15) is 17.2 Å². The highest BCUT2D eigenvalue weighted by Crippen LogP contribution is 2.25. The van der Waals surface area contributed by atoms with E-state index in [1.54, 1.807) is 14.0 Å². The van der Waals surface area contributed by atoms with Crippen molar-refractivity contribution in [1.82, 2.24) is 15.3 Å². The van der Waals surface area contributed by atoms with Gasteiger partial charge in [0.2, 0.25) is 0 Å². The summed E-state index contributed by atoms with van der Waals surface area (Å²) in [5.41, 5.74) is 0.352. The molecule has 0 aliphatic rings. The Labute approximate surface area is 157 Å². The minimum absolute atomic E-state index is 0.309. The van der Waals surface area contributed by atoms with E-state index >= 15 is 0 Å². The summed E-state index contributed by atoms with van der Waals surface area (Å²) in [4.78, 5) is 18.7. The number of carbonyl (C=O) groups excluding carboxylic acids is 1. The van der Waals surface area contributed by atoms with E-state index in [-0.39, 0.29) is 5.91 Å². The lowest BCUT2D eigenvalue weighted by molar-refractivity contribution is 0.0827. The Morgan fingerprint density at radius 1 is 1.22 bits per heavy atom. The molecule has 0 aliphatic heterocycles. The molecule has 2 aromatic carbocycles. The zero-order valence-electron chi connectivity index (χ0n) is 15.3. The van der Waals surface area contributed by atoms with Crippen molar-refractivity contribution in [2.45, 2.75) is 25.5 Å². The smallest absolute Gasteiger partial charge is 0.269 e. The topological polar surface area (TPSA) is 96.5 Å². The van der Waals surface area contributed by atoms with Gasteiger partial charge in [0.25, 0.3) is 5.91 Å². The highest BCUT2D eigenvalue weighted by molar-refractivity contribution is 5.92. The van der Waals surface area contributed by atoms with Crippen LogP contribution in [0.15, 0.2) is 48.9 Å². The Hall–Kier alpha value is -3.06. The lowest BCUT2D eigenvalue weighted by Gasteiger charge is -2.21. The number of H-pyrrole nitrogens is 1. The highest BCUT2D eigenvalue weighted by atomic mass is 16.5. The summed E-state index contributed by atoms with van der Waals surface area (Å²) in [6.45, 7) is 1.99. The van der Waals surface area contributed by atoms with Crippen LogP contribution in [0.3, 0.4) is 0 Å². The lowest BCUT2D eigenvalue weighted by Crippen LogP contribution is -2.43. The molecular weight excluding hydrogens is 346 g/mol. The second-order valence-electron chi connectivity index (χ2n) is 6.30. The lowest BCUT2D eigenvalue weighted by atomic mass is 10.1. The first-order valence-corrected chi connectivity index (χ1v) is 8.74. The quantitative estimate of drug-likeness (QED) is 0.567. The number of benzene rings is 2. The van der Waals surface area contributed by atoms with Crippen molar-refractivity contribution in [3.8, 4) is 11.5 Å². The van der Waals surface area contributed by atoms with Gasteiger partial charge in [0.05, 0.1) is 38.4 Å². The summed E-state index contributed by atoms with van der Waals surface area (Å²) in [6, 6.07) is 11.3. The van der Waals surface area contributed by atoms with E-state index < -0.39 is 12.1 Å². The van der Waals surface area contributed by atoms with Crippen molar-refractivity contribution in [3.63, 3.8) is 0 Å². The van der Waals surface area contributed by atoms with Crippen molar-refractivity contribution in [2.24, 2.45) is 0 Å². The maximum Gasteiger partial charge on any atom is 0.269 e. The molecule has 7 heteroatoms. The van der Waals surface area contributed by atoms with Gasteiger partial charge >= 0.3 is 0 Å². The van der Waals surface area contributed by atoms with Gasteiger partial charge in [-0.3, -0.25) is 4.79 Å². The van der Waals surface area contributed by atoms with Crippen LogP contribution in [0.1, 0.15) is 23.8 Å². The number of amides is 1. The number of hydrogen-bond acceptors (Lipinski definition) is 5. The Bertz CT molecular complexity index is 893. The summed E-state index contributed by atoms with van der Waals surface area (Å²) in [6.07, 6.45) is 2.63. The standard InChI is InChI=1S/C20H23N3O4/c1-13(24)18(23-20(25)19-11-21-12-22-19)7-8-27-17-6-4-14-3-5-16(26-2)9-15(14)10-17/h3-6,9-13,18,24H,7-8H2,1-2H3,(H,21,22)(H,23,25)/t13-,18+/m0/s1. The number of aliphatic hydroxyl groups excluding tert-OH is 1. The molecule has 0 fully saturated rings. The normalized spacial score (nSPS) is 13.1. The number of carbonyl (C=O) groups is 1. The number of aromatic nitrogens is 2. The second-order valence-corrected chi connectivity index (χ2v) is 6.30. The first-order chi connectivity index (χ1) is 13.1. The fraction of sp³-hybridized carbons (Fsp3) is 0.300. The molecule has 3 rings (SSSR count). The van der Waals surface area contributed by atoms with Gasteiger partial charge in [-0.2, -0.15) is 0 Å². The number of nitrogens with one attached hydrogen (secondary N) is 2. The minimum atomic E-state index is -0.707. The summed E-state index contributed by atoms with van der Waals surface area (Å²) >= 11 is 0. The van der Waals surface area contributed by atoms with Gasteiger partial charge in [-0.15, -0.1) is 0 Å². The Kier molecular flexibility index (Phi) is 5.93. The van der Waals surface area contributed by atoms with Crippen LogP contribution in [0.2, 0.25) is 0 Å². The van der Waals surface area contributed by atoms with Crippen molar-refractivity contribution in [3.05, 3.63) is 54.6 Å². The number of imidazole rings is 1. The Morgan fingerprint density at radius 2 is 1.96 bits per heavy atom. The van der Waals surface area contributed by atoms with Crippen LogP contribution in [0.5, 0.6) is 11.5 Å². The van der Waals surface area contributed by atoms with Gasteiger partial charge in [-0.25, -0.2) is 4.98 Å². The van der Waals surface area contributed by atoms with Crippen LogP contribution in [0, 0.1) is 0 Å². The zero-order chi connectivity index (χ0) is 19.2. The molecule has 3 N–H and O–H groups in total. The summed E-state index contributed by atoms with van der Waals surface area (Å²) < 4.78 is 11.1. The molecule has 7 nitrogen and oxygen atoms in total. The van der Waals surface area contributed by atoms with Gasteiger partial charge in [-0.1, -0.05) is 12.1 Å². The third-order valence-corrected chi connectivity index (χ3v) is 4.36.